The molecular weight excluding hydrogens is 222 g/mol. The Hall–Kier alpha value is -0.680. The van der Waals surface area contributed by atoms with Gasteiger partial charge in [-0.25, -0.2) is 4.98 Å². The molecule has 0 aromatic carbocycles. The highest BCUT2D eigenvalue weighted by Gasteiger charge is 2.24. The van der Waals surface area contributed by atoms with Crippen molar-refractivity contribution in [3.05, 3.63) is 18.2 Å². The van der Waals surface area contributed by atoms with Crippen LogP contribution in [0.4, 0.5) is 0 Å². The lowest BCUT2D eigenvalue weighted by Crippen LogP contribution is -2.27. The average molecular weight is 241 g/mol. The zero-order chi connectivity index (χ0) is 11.5. The van der Waals surface area contributed by atoms with Crippen LogP contribution in [0.2, 0.25) is 0 Å². The number of nitrogens with zero attached hydrogens (tertiary/aromatic N) is 2. The number of aromatic nitrogens is 2. The third kappa shape index (κ3) is 2.92. The summed E-state index contributed by atoms with van der Waals surface area (Å²) in [5.74, 6) is 0. The van der Waals surface area contributed by atoms with E-state index in [9.17, 15) is 4.21 Å². The molecule has 0 radical (unpaired) electrons. The third-order valence-corrected chi connectivity index (χ3v) is 4.29. The van der Waals surface area contributed by atoms with Crippen LogP contribution >= 0.6 is 0 Å². The van der Waals surface area contributed by atoms with Crippen molar-refractivity contribution in [1.29, 1.82) is 0 Å². The lowest BCUT2D eigenvalue weighted by molar-refractivity contribution is 0.610. The van der Waals surface area contributed by atoms with E-state index in [1.165, 1.54) is 18.5 Å². The van der Waals surface area contributed by atoms with Crippen molar-refractivity contribution in [3.63, 3.8) is 0 Å². The predicted molar refractivity (Wildman–Crippen MR) is 65.7 cm³/mol. The van der Waals surface area contributed by atoms with Crippen LogP contribution in [0, 0.1) is 0 Å². The van der Waals surface area contributed by atoms with E-state index in [0.29, 0.717) is 6.04 Å². The minimum absolute atomic E-state index is 0.206. The van der Waals surface area contributed by atoms with Gasteiger partial charge in [0, 0.05) is 47.6 Å². The Morgan fingerprint density at radius 1 is 1.69 bits per heavy atom. The molecule has 2 rings (SSSR count). The molecule has 1 heterocycles. The Labute approximate surface area is 98.9 Å². The van der Waals surface area contributed by atoms with Crippen LogP contribution in [0.15, 0.2) is 12.5 Å². The first-order chi connectivity index (χ1) is 7.68. The largest absolute Gasteiger partial charge is 0.330 e. The summed E-state index contributed by atoms with van der Waals surface area (Å²) >= 11 is 0. The van der Waals surface area contributed by atoms with Gasteiger partial charge in [-0.2, -0.15) is 0 Å². The molecule has 90 valence electrons. The molecule has 1 aliphatic carbocycles. The highest BCUT2D eigenvalue weighted by molar-refractivity contribution is 7.84. The van der Waals surface area contributed by atoms with E-state index < -0.39 is 10.8 Å². The van der Waals surface area contributed by atoms with Crippen LogP contribution in [0.3, 0.4) is 0 Å². The fourth-order valence-corrected chi connectivity index (χ4v) is 2.02. The number of hydrogen-bond donors (Lipinski definition) is 1. The molecular formula is C11H19N3OS. The zero-order valence-corrected chi connectivity index (χ0v) is 10.7. The zero-order valence-electron chi connectivity index (χ0n) is 9.85. The van der Waals surface area contributed by atoms with Crippen LogP contribution in [-0.2, 0) is 17.3 Å². The molecule has 16 heavy (non-hydrogen) atoms. The van der Waals surface area contributed by atoms with Gasteiger partial charge in [-0.1, -0.05) is 0 Å². The van der Waals surface area contributed by atoms with E-state index in [1.807, 2.05) is 19.4 Å². The van der Waals surface area contributed by atoms with Gasteiger partial charge in [0.15, 0.2) is 0 Å². The van der Waals surface area contributed by atoms with E-state index in [2.05, 4.69) is 14.9 Å². The van der Waals surface area contributed by atoms with E-state index in [0.717, 1.165) is 13.1 Å². The van der Waals surface area contributed by atoms with Gasteiger partial charge in [-0.3, -0.25) is 4.21 Å². The summed E-state index contributed by atoms with van der Waals surface area (Å²) in [4.78, 5) is 4.18. The van der Waals surface area contributed by atoms with E-state index in [-0.39, 0.29) is 5.25 Å². The summed E-state index contributed by atoms with van der Waals surface area (Å²) < 4.78 is 13.4. The lowest BCUT2D eigenvalue weighted by atomic mass is 10.4. The molecule has 2 unspecified atom stereocenters. The highest BCUT2D eigenvalue weighted by Crippen LogP contribution is 2.35. The van der Waals surface area contributed by atoms with Crippen molar-refractivity contribution in [2.45, 2.75) is 37.6 Å². The fraction of sp³-hybridized carbons (Fsp3) is 0.727. The highest BCUT2D eigenvalue weighted by atomic mass is 32.2. The topological polar surface area (TPSA) is 46.9 Å². The second kappa shape index (κ2) is 5.10. The summed E-state index contributed by atoms with van der Waals surface area (Å²) in [6.45, 7) is 3.61. The molecule has 0 spiro atoms. The van der Waals surface area contributed by atoms with Crippen molar-refractivity contribution in [2.24, 2.45) is 0 Å². The number of rotatable bonds is 6. The van der Waals surface area contributed by atoms with Crippen molar-refractivity contribution in [1.82, 2.24) is 14.9 Å². The first kappa shape index (κ1) is 11.8. The van der Waals surface area contributed by atoms with Gasteiger partial charge in [0.25, 0.3) is 0 Å². The molecule has 2 atom stereocenters. The van der Waals surface area contributed by atoms with Crippen LogP contribution in [-0.4, -0.2) is 31.8 Å². The molecule has 1 saturated carbocycles. The standard InChI is InChI=1S/C11H19N3OS/c1-9(16(2)15)5-12-6-11-7-13-8-14(11)10-3-4-10/h7-10,12H,3-6H2,1-2H3. The van der Waals surface area contributed by atoms with Crippen LogP contribution in [0.1, 0.15) is 31.5 Å². The maximum Gasteiger partial charge on any atom is 0.0951 e. The van der Waals surface area contributed by atoms with Gasteiger partial charge >= 0.3 is 0 Å². The number of hydrogen-bond acceptors (Lipinski definition) is 3. The maximum atomic E-state index is 11.2. The Bertz CT molecular complexity index is 373. The Balaban J connectivity index is 1.80. The third-order valence-electron chi connectivity index (χ3n) is 2.99. The molecule has 1 aromatic rings. The second-order valence-corrected chi connectivity index (χ2v) is 6.27. The van der Waals surface area contributed by atoms with Gasteiger partial charge < -0.3 is 9.88 Å². The summed E-state index contributed by atoms with van der Waals surface area (Å²) in [5.41, 5.74) is 1.23. The fourth-order valence-electron chi connectivity index (χ4n) is 1.67. The molecule has 4 nitrogen and oxygen atoms in total. The van der Waals surface area contributed by atoms with Crippen molar-refractivity contribution in [3.8, 4) is 0 Å². The molecule has 0 amide bonds. The number of imidazole rings is 1. The smallest absolute Gasteiger partial charge is 0.0951 e. The molecule has 1 N–H and O–H groups in total. The summed E-state index contributed by atoms with van der Waals surface area (Å²) in [6, 6.07) is 0.678. The quantitative estimate of drug-likeness (QED) is 0.810. The van der Waals surface area contributed by atoms with E-state index in [1.54, 1.807) is 6.26 Å². The molecule has 1 aromatic heterocycles. The predicted octanol–water partition coefficient (Wildman–Crippen LogP) is 1.07. The minimum atomic E-state index is -0.745. The summed E-state index contributed by atoms with van der Waals surface area (Å²) in [6.07, 6.45) is 8.13. The molecule has 5 heteroatoms. The Morgan fingerprint density at radius 3 is 3.06 bits per heavy atom. The van der Waals surface area contributed by atoms with Gasteiger partial charge in [-0.15, -0.1) is 0 Å². The Morgan fingerprint density at radius 2 is 2.44 bits per heavy atom. The number of nitrogens with one attached hydrogen (secondary N) is 1. The van der Waals surface area contributed by atoms with Gasteiger partial charge in [0.05, 0.1) is 12.0 Å². The molecule has 1 fully saturated rings. The Kier molecular flexibility index (Phi) is 3.76. The van der Waals surface area contributed by atoms with Crippen molar-refractivity contribution in [2.75, 3.05) is 12.8 Å². The minimum Gasteiger partial charge on any atom is -0.330 e. The molecule has 0 aliphatic heterocycles. The van der Waals surface area contributed by atoms with Crippen LogP contribution < -0.4 is 5.32 Å². The monoisotopic (exact) mass is 241 g/mol. The average Bonchev–Trinajstić information content (AvgIpc) is 2.99. The summed E-state index contributed by atoms with van der Waals surface area (Å²) in [7, 11) is -0.745. The molecule has 1 aliphatic rings. The van der Waals surface area contributed by atoms with Crippen LogP contribution in [0.5, 0.6) is 0 Å². The van der Waals surface area contributed by atoms with Gasteiger partial charge in [0.1, 0.15) is 0 Å². The van der Waals surface area contributed by atoms with Crippen LogP contribution in [0.25, 0.3) is 0 Å². The van der Waals surface area contributed by atoms with Crippen molar-refractivity contribution >= 4 is 10.8 Å². The molecule has 0 saturated heterocycles. The second-order valence-electron chi connectivity index (χ2n) is 4.46. The maximum absolute atomic E-state index is 11.2. The van der Waals surface area contributed by atoms with E-state index >= 15 is 0 Å². The summed E-state index contributed by atoms with van der Waals surface area (Å²) in [5, 5.41) is 3.54. The van der Waals surface area contributed by atoms with Crippen molar-refractivity contribution < 1.29 is 4.21 Å². The first-order valence-electron chi connectivity index (χ1n) is 5.72. The van der Waals surface area contributed by atoms with Gasteiger partial charge in [0.2, 0.25) is 0 Å². The SMILES string of the molecule is CC(CNCc1cncn1C1CC1)S(C)=O. The van der Waals surface area contributed by atoms with E-state index in [4.69, 9.17) is 0 Å². The lowest BCUT2D eigenvalue weighted by Gasteiger charge is -2.11. The molecule has 0 bridgehead atoms. The normalized spacial score (nSPS) is 19.6. The van der Waals surface area contributed by atoms with Gasteiger partial charge in [-0.05, 0) is 19.8 Å². The first-order valence-corrected chi connectivity index (χ1v) is 7.34.